The average Bonchev–Trinajstić information content (AvgIpc) is 2.12. The van der Waals surface area contributed by atoms with E-state index in [1.165, 1.54) is 13.0 Å². The van der Waals surface area contributed by atoms with E-state index in [1.54, 1.807) is 0 Å². The number of aryl methyl sites for hydroxylation is 1. The van der Waals surface area contributed by atoms with E-state index in [4.69, 9.17) is 11.6 Å². The Labute approximate surface area is 79.3 Å². The third-order valence-electron chi connectivity index (χ3n) is 1.68. The van der Waals surface area contributed by atoms with Crippen molar-refractivity contribution >= 4 is 17.4 Å². The quantitative estimate of drug-likeness (QED) is 0.535. The number of Topliss-reactive ketones (excluding diaryl/α,β-unsaturated/α-hetero) is 1. The van der Waals surface area contributed by atoms with Gasteiger partial charge in [0, 0.05) is 0 Å². The molecule has 0 N–H and O–H groups in total. The van der Waals surface area contributed by atoms with Crippen LogP contribution in [-0.2, 0) is 0 Å². The van der Waals surface area contributed by atoms with Crippen molar-refractivity contribution in [1.29, 1.82) is 0 Å². The van der Waals surface area contributed by atoms with Crippen LogP contribution in [0.2, 0.25) is 0 Å². The Balaban J connectivity index is 3.33. The molecular weight excluding hydrogens is 198 g/mol. The lowest BCUT2D eigenvalue weighted by Crippen LogP contribution is -2.08. The number of rotatable bonds is 2. The first-order chi connectivity index (χ1) is 6.07. The van der Waals surface area contributed by atoms with Crippen LogP contribution in [-0.4, -0.2) is 11.7 Å². The molecule has 70 valence electrons. The maximum atomic E-state index is 13.2. The van der Waals surface area contributed by atoms with Crippen LogP contribution in [0.4, 0.5) is 8.78 Å². The second-order valence-electron chi connectivity index (χ2n) is 2.61. The first-order valence-corrected chi connectivity index (χ1v) is 4.15. The molecule has 0 atom stereocenters. The number of benzene rings is 1. The molecule has 0 amide bonds. The van der Waals surface area contributed by atoms with E-state index in [-0.39, 0.29) is 5.56 Å². The van der Waals surface area contributed by atoms with E-state index in [2.05, 4.69) is 0 Å². The molecule has 0 saturated heterocycles. The van der Waals surface area contributed by atoms with Crippen molar-refractivity contribution in [2.75, 3.05) is 5.88 Å². The van der Waals surface area contributed by atoms with Gasteiger partial charge < -0.3 is 0 Å². The van der Waals surface area contributed by atoms with Gasteiger partial charge in [-0.15, -0.1) is 11.6 Å². The van der Waals surface area contributed by atoms with E-state index in [9.17, 15) is 13.6 Å². The predicted octanol–water partition coefficient (Wildman–Crippen LogP) is 2.69. The molecule has 0 fully saturated rings. The first-order valence-electron chi connectivity index (χ1n) is 3.61. The molecule has 0 bridgehead atoms. The second kappa shape index (κ2) is 3.83. The topological polar surface area (TPSA) is 17.1 Å². The van der Waals surface area contributed by atoms with E-state index in [0.29, 0.717) is 0 Å². The van der Waals surface area contributed by atoms with Crippen molar-refractivity contribution in [2.45, 2.75) is 6.92 Å². The summed E-state index contributed by atoms with van der Waals surface area (Å²) in [5.41, 5.74) is -0.315. The van der Waals surface area contributed by atoms with Gasteiger partial charge >= 0.3 is 0 Å². The summed E-state index contributed by atoms with van der Waals surface area (Å²) in [7, 11) is 0. The molecule has 0 saturated carbocycles. The van der Waals surface area contributed by atoms with Gasteiger partial charge in [-0.25, -0.2) is 8.78 Å². The largest absolute Gasteiger partial charge is 0.293 e. The van der Waals surface area contributed by atoms with Crippen molar-refractivity contribution in [3.05, 3.63) is 34.9 Å². The van der Waals surface area contributed by atoms with E-state index in [0.717, 1.165) is 6.07 Å². The second-order valence-corrected chi connectivity index (χ2v) is 2.88. The normalized spacial score (nSPS) is 10.2. The maximum Gasteiger partial charge on any atom is 0.183 e. The summed E-state index contributed by atoms with van der Waals surface area (Å²) >= 11 is 5.20. The van der Waals surface area contributed by atoms with Gasteiger partial charge in [0.05, 0.1) is 11.4 Å². The van der Waals surface area contributed by atoms with Crippen LogP contribution < -0.4 is 0 Å². The average molecular weight is 205 g/mol. The SMILES string of the molecule is Cc1ccc(F)c(C(=O)CCl)c1F. The number of carbonyl (C=O) groups excluding carboxylic acids is 1. The van der Waals surface area contributed by atoms with Crippen LogP contribution in [0.25, 0.3) is 0 Å². The summed E-state index contributed by atoms with van der Waals surface area (Å²) in [5, 5.41) is 0. The van der Waals surface area contributed by atoms with E-state index < -0.39 is 28.9 Å². The minimum Gasteiger partial charge on any atom is -0.293 e. The van der Waals surface area contributed by atoms with Crippen LogP contribution in [0, 0.1) is 18.6 Å². The molecular formula is C9H7ClF2O. The number of carbonyl (C=O) groups is 1. The Morgan fingerprint density at radius 1 is 1.46 bits per heavy atom. The molecule has 13 heavy (non-hydrogen) atoms. The van der Waals surface area contributed by atoms with Gasteiger partial charge in [0.25, 0.3) is 0 Å². The molecule has 4 heteroatoms. The molecule has 1 rings (SSSR count). The molecule has 1 aromatic rings. The fraction of sp³-hybridized carbons (Fsp3) is 0.222. The predicted molar refractivity (Wildman–Crippen MR) is 46.1 cm³/mol. The van der Waals surface area contributed by atoms with E-state index in [1.807, 2.05) is 0 Å². The van der Waals surface area contributed by atoms with Crippen LogP contribution in [0.15, 0.2) is 12.1 Å². The van der Waals surface area contributed by atoms with Gasteiger partial charge in [0.2, 0.25) is 0 Å². The number of halogens is 3. The highest BCUT2D eigenvalue weighted by Crippen LogP contribution is 2.17. The third kappa shape index (κ3) is 1.86. The smallest absolute Gasteiger partial charge is 0.183 e. The lowest BCUT2D eigenvalue weighted by atomic mass is 10.1. The summed E-state index contributed by atoms with van der Waals surface area (Å²) in [5.74, 6) is -2.85. The molecule has 0 heterocycles. The van der Waals surface area contributed by atoms with Crippen molar-refractivity contribution in [3.8, 4) is 0 Å². The van der Waals surface area contributed by atoms with Crippen LogP contribution in [0.3, 0.4) is 0 Å². The number of ketones is 1. The minimum absolute atomic E-state index is 0.231. The molecule has 0 aliphatic carbocycles. The molecule has 0 aliphatic heterocycles. The highest BCUT2D eigenvalue weighted by atomic mass is 35.5. The number of hydrogen-bond acceptors (Lipinski definition) is 1. The van der Waals surface area contributed by atoms with Crippen molar-refractivity contribution in [2.24, 2.45) is 0 Å². The van der Waals surface area contributed by atoms with Gasteiger partial charge in [-0.2, -0.15) is 0 Å². The maximum absolute atomic E-state index is 13.2. The monoisotopic (exact) mass is 204 g/mol. The zero-order valence-corrected chi connectivity index (χ0v) is 7.66. The van der Waals surface area contributed by atoms with Gasteiger partial charge in [0.15, 0.2) is 5.78 Å². The van der Waals surface area contributed by atoms with Crippen LogP contribution in [0.5, 0.6) is 0 Å². The lowest BCUT2D eigenvalue weighted by molar-refractivity contribution is 0.101. The fourth-order valence-electron chi connectivity index (χ4n) is 0.979. The highest BCUT2D eigenvalue weighted by molar-refractivity contribution is 6.30. The van der Waals surface area contributed by atoms with Crippen molar-refractivity contribution in [1.82, 2.24) is 0 Å². The summed E-state index contributed by atoms with van der Waals surface area (Å²) in [6, 6.07) is 2.33. The van der Waals surface area contributed by atoms with Gasteiger partial charge in [0.1, 0.15) is 11.6 Å². The Kier molecular flexibility index (Phi) is 2.98. The highest BCUT2D eigenvalue weighted by Gasteiger charge is 2.17. The molecule has 1 nitrogen and oxygen atoms in total. The Morgan fingerprint density at radius 2 is 2.08 bits per heavy atom. The van der Waals surface area contributed by atoms with Gasteiger partial charge in [-0.3, -0.25) is 4.79 Å². The zero-order valence-electron chi connectivity index (χ0n) is 6.90. The molecule has 0 unspecified atom stereocenters. The lowest BCUT2D eigenvalue weighted by Gasteiger charge is -2.03. The van der Waals surface area contributed by atoms with Gasteiger partial charge in [-0.1, -0.05) is 6.07 Å². The Morgan fingerprint density at radius 3 is 2.62 bits per heavy atom. The first kappa shape index (κ1) is 10.1. The number of hydrogen-bond donors (Lipinski definition) is 0. The fourth-order valence-corrected chi connectivity index (χ4v) is 1.11. The Bertz CT molecular complexity index is 350. The standard InChI is InChI=1S/C9H7ClF2O/c1-5-2-3-6(11)8(9(5)12)7(13)4-10/h2-3H,4H2,1H3. The van der Waals surface area contributed by atoms with Crippen molar-refractivity contribution < 1.29 is 13.6 Å². The molecule has 1 aromatic carbocycles. The number of alkyl halides is 1. The van der Waals surface area contributed by atoms with E-state index >= 15 is 0 Å². The Hall–Kier alpha value is -0.960. The molecule has 0 aliphatic rings. The summed E-state index contributed by atoms with van der Waals surface area (Å²) < 4.78 is 26.1. The van der Waals surface area contributed by atoms with Crippen molar-refractivity contribution in [3.63, 3.8) is 0 Å². The summed E-state index contributed by atoms with van der Waals surface area (Å²) in [6.45, 7) is 1.46. The minimum atomic E-state index is -0.867. The summed E-state index contributed by atoms with van der Waals surface area (Å²) in [4.78, 5) is 11.0. The molecule has 0 spiro atoms. The molecule has 0 radical (unpaired) electrons. The van der Waals surface area contributed by atoms with Crippen LogP contribution in [0.1, 0.15) is 15.9 Å². The molecule has 0 aromatic heterocycles. The van der Waals surface area contributed by atoms with Gasteiger partial charge in [-0.05, 0) is 18.6 Å². The summed E-state index contributed by atoms with van der Waals surface area (Å²) in [6.07, 6.45) is 0. The zero-order chi connectivity index (χ0) is 10.0. The van der Waals surface area contributed by atoms with Crippen LogP contribution >= 0.6 is 11.6 Å². The third-order valence-corrected chi connectivity index (χ3v) is 1.93.